The van der Waals surface area contributed by atoms with E-state index in [0.717, 1.165) is 11.3 Å². The van der Waals surface area contributed by atoms with Crippen LogP contribution in [0.5, 0.6) is 0 Å². The molecule has 0 spiro atoms. The Hall–Kier alpha value is -2.09. The van der Waals surface area contributed by atoms with Gasteiger partial charge in [0.1, 0.15) is 18.4 Å². The number of hydrogen-bond donors (Lipinski definition) is 1. The minimum Gasteiger partial charge on any atom is -0.359 e. The monoisotopic (exact) mass is 315 g/mol. The molecular weight excluding hydrogens is 299 g/mol. The van der Waals surface area contributed by atoms with E-state index in [4.69, 9.17) is 0 Å². The first-order valence-electron chi connectivity index (χ1n) is 6.74. The zero-order chi connectivity index (χ0) is 16.2. The maximum atomic E-state index is 12.0. The predicted octanol–water partition coefficient (Wildman–Crippen LogP) is 1.96. The van der Waals surface area contributed by atoms with Gasteiger partial charge in [0.05, 0.1) is 5.69 Å². The smallest absolute Gasteiger partial charge is 0.359 e. The SMILES string of the molecule is C[C@@H](OCC(F)(F)F)C(=O)NCCc1cn2ccccc2n1. The summed E-state index contributed by atoms with van der Waals surface area (Å²) in [6.07, 6.45) is -1.41. The fraction of sp³-hybridized carbons (Fsp3) is 0.429. The van der Waals surface area contributed by atoms with E-state index >= 15 is 0 Å². The molecule has 22 heavy (non-hydrogen) atoms. The van der Waals surface area contributed by atoms with Crippen molar-refractivity contribution in [1.29, 1.82) is 0 Å². The topological polar surface area (TPSA) is 55.6 Å². The highest BCUT2D eigenvalue weighted by Crippen LogP contribution is 2.15. The van der Waals surface area contributed by atoms with Gasteiger partial charge in [-0.3, -0.25) is 4.79 Å². The molecule has 0 aliphatic carbocycles. The number of carbonyl (C=O) groups is 1. The Morgan fingerprint density at radius 3 is 2.91 bits per heavy atom. The molecule has 2 aromatic heterocycles. The van der Waals surface area contributed by atoms with E-state index in [1.807, 2.05) is 35.0 Å². The number of hydrogen-bond acceptors (Lipinski definition) is 3. The Morgan fingerprint density at radius 2 is 2.23 bits per heavy atom. The minimum absolute atomic E-state index is 0.280. The lowest BCUT2D eigenvalue weighted by atomic mass is 10.3. The summed E-state index contributed by atoms with van der Waals surface area (Å²) in [5.41, 5.74) is 1.58. The van der Waals surface area contributed by atoms with Crippen molar-refractivity contribution in [1.82, 2.24) is 14.7 Å². The molecule has 2 rings (SSSR count). The second-order valence-electron chi connectivity index (χ2n) is 4.81. The van der Waals surface area contributed by atoms with Crippen LogP contribution in [0.2, 0.25) is 0 Å². The maximum absolute atomic E-state index is 12.0. The lowest BCUT2D eigenvalue weighted by molar-refractivity contribution is -0.185. The summed E-state index contributed by atoms with van der Waals surface area (Å²) in [5, 5.41) is 2.53. The quantitative estimate of drug-likeness (QED) is 0.886. The number of aromatic nitrogens is 2. The number of pyridine rings is 1. The fourth-order valence-electron chi connectivity index (χ4n) is 1.86. The van der Waals surface area contributed by atoms with E-state index in [-0.39, 0.29) is 6.54 Å². The van der Waals surface area contributed by atoms with Gasteiger partial charge in [-0.05, 0) is 19.1 Å². The zero-order valence-electron chi connectivity index (χ0n) is 11.9. The van der Waals surface area contributed by atoms with Crippen molar-refractivity contribution in [2.24, 2.45) is 0 Å². The first-order valence-corrected chi connectivity index (χ1v) is 6.74. The van der Waals surface area contributed by atoms with Gasteiger partial charge in [-0.15, -0.1) is 0 Å². The van der Waals surface area contributed by atoms with Gasteiger partial charge in [0, 0.05) is 25.4 Å². The maximum Gasteiger partial charge on any atom is 0.411 e. The number of fused-ring (bicyclic) bond motifs is 1. The van der Waals surface area contributed by atoms with Crippen molar-refractivity contribution < 1.29 is 22.7 Å². The molecule has 1 amide bonds. The molecule has 8 heteroatoms. The third-order valence-electron chi connectivity index (χ3n) is 2.96. The van der Waals surface area contributed by atoms with Gasteiger partial charge in [-0.1, -0.05) is 6.07 Å². The molecular formula is C14H16F3N3O2. The van der Waals surface area contributed by atoms with Crippen LogP contribution in [0.15, 0.2) is 30.6 Å². The highest BCUT2D eigenvalue weighted by atomic mass is 19.4. The van der Waals surface area contributed by atoms with E-state index in [1.54, 1.807) is 0 Å². The lowest BCUT2D eigenvalue weighted by Crippen LogP contribution is -2.37. The Morgan fingerprint density at radius 1 is 1.45 bits per heavy atom. The van der Waals surface area contributed by atoms with E-state index in [0.29, 0.717) is 6.42 Å². The molecule has 0 radical (unpaired) electrons. The summed E-state index contributed by atoms with van der Waals surface area (Å²) >= 11 is 0. The normalized spacial score (nSPS) is 13.3. The van der Waals surface area contributed by atoms with Gasteiger partial charge in [-0.25, -0.2) is 4.98 Å². The van der Waals surface area contributed by atoms with Crippen LogP contribution in [0.1, 0.15) is 12.6 Å². The molecule has 0 aliphatic heterocycles. The summed E-state index contributed by atoms with van der Waals surface area (Å²) in [5.74, 6) is -0.576. The Bertz CT molecular complexity index is 607. The first kappa shape index (κ1) is 16.3. The second kappa shape index (κ2) is 6.78. The zero-order valence-corrected chi connectivity index (χ0v) is 11.9. The van der Waals surface area contributed by atoms with Crippen LogP contribution in [0.25, 0.3) is 5.65 Å². The van der Waals surface area contributed by atoms with Gasteiger partial charge >= 0.3 is 6.18 Å². The number of alkyl halides is 3. The summed E-state index contributed by atoms with van der Waals surface area (Å²) in [6.45, 7) is 0.127. The molecule has 0 aliphatic rings. The number of carbonyl (C=O) groups excluding carboxylic acids is 1. The van der Waals surface area contributed by atoms with Crippen molar-refractivity contribution >= 4 is 11.6 Å². The number of imidazole rings is 1. The van der Waals surface area contributed by atoms with Crippen molar-refractivity contribution in [3.8, 4) is 0 Å². The number of nitrogens with one attached hydrogen (secondary N) is 1. The van der Waals surface area contributed by atoms with Gasteiger partial charge in [0.25, 0.3) is 0 Å². The van der Waals surface area contributed by atoms with Gasteiger partial charge in [-0.2, -0.15) is 13.2 Å². The standard InChI is InChI=1S/C14H16F3N3O2/c1-10(22-9-14(15,16)17)13(21)18-6-5-11-8-20-7-3-2-4-12(20)19-11/h2-4,7-8,10H,5-6,9H2,1H3,(H,18,21)/t10-/m1/s1. The molecule has 1 N–H and O–H groups in total. The largest absolute Gasteiger partial charge is 0.411 e. The molecule has 2 heterocycles. The Kier molecular flexibility index (Phi) is 5.02. The van der Waals surface area contributed by atoms with E-state index in [2.05, 4.69) is 15.0 Å². The van der Waals surface area contributed by atoms with Crippen molar-refractivity contribution in [3.63, 3.8) is 0 Å². The highest BCUT2D eigenvalue weighted by Gasteiger charge is 2.29. The third-order valence-corrected chi connectivity index (χ3v) is 2.96. The Labute approximate surface area is 125 Å². The molecule has 2 aromatic rings. The number of nitrogens with zero attached hydrogens (tertiary/aromatic N) is 2. The molecule has 0 bridgehead atoms. The van der Waals surface area contributed by atoms with Gasteiger partial charge < -0.3 is 14.5 Å². The lowest BCUT2D eigenvalue weighted by Gasteiger charge is -2.14. The number of halogens is 3. The molecule has 0 saturated heterocycles. The average molecular weight is 315 g/mol. The highest BCUT2D eigenvalue weighted by molar-refractivity contribution is 5.80. The Balaban J connectivity index is 1.76. The summed E-state index contributed by atoms with van der Waals surface area (Å²) in [7, 11) is 0. The van der Waals surface area contributed by atoms with Crippen molar-refractivity contribution in [2.45, 2.75) is 25.6 Å². The average Bonchev–Trinajstić information content (AvgIpc) is 2.86. The summed E-state index contributed by atoms with van der Waals surface area (Å²) < 4.78 is 42.3. The van der Waals surface area contributed by atoms with Crippen LogP contribution in [0, 0.1) is 0 Å². The molecule has 0 fully saturated rings. The molecule has 120 valence electrons. The molecule has 0 aromatic carbocycles. The van der Waals surface area contributed by atoms with E-state index in [1.165, 1.54) is 6.92 Å². The minimum atomic E-state index is -4.44. The molecule has 0 unspecified atom stereocenters. The number of rotatable bonds is 6. The number of ether oxygens (including phenoxy) is 1. The first-order chi connectivity index (χ1) is 10.3. The van der Waals surface area contributed by atoms with Crippen molar-refractivity contribution in [3.05, 3.63) is 36.3 Å². The molecule has 1 atom stereocenters. The number of amides is 1. The van der Waals surface area contributed by atoms with E-state index < -0.39 is 24.8 Å². The molecule has 5 nitrogen and oxygen atoms in total. The van der Waals surface area contributed by atoms with Crippen LogP contribution in [0.4, 0.5) is 13.2 Å². The van der Waals surface area contributed by atoms with E-state index in [9.17, 15) is 18.0 Å². The fourth-order valence-corrected chi connectivity index (χ4v) is 1.86. The summed E-state index contributed by atoms with van der Waals surface area (Å²) in [4.78, 5) is 15.9. The van der Waals surface area contributed by atoms with Crippen LogP contribution in [-0.4, -0.2) is 40.7 Å². The van der Waals surface area contributed by atoms with Crippen LogP contribution >= 0.6 is 0 Å². The predicted molar refractivity (Wildman–Crippen MR) is 73.4 cm³/mol. The van der Waals surface area contributed by atoms with Crippen LogP contribution in [0.3, 0.4) is 0 Å². The third kappa shape index (κ3) is 4.73. The second-order valence-corrected chi connectivity index (χ2v) is 4.81. The van der Waals surface area contributed by atoms with Gasteiger partial charge in [0.2, 0.25) is 5.91 Å². The van der Waals surface area contributed by atoms with Crippen LogP contribution < -0.4 is 5.32 Å². The summed E-state index contributed by atoms with van der Waals surface area (Å²) in [6, 6.07) is 5.60. The van der Waals surface area contributed by atoms with Gasteiger partial charge in [0.15, 0.2) is 0 Å². The molecule has 0 saturated carbocycles. The van der Waals surface area contributed by atoms with Crippen LogP contribution in [-0.2, 0) is 16.0 Å². The van der Waals surface area contributed by atoms with Crippen molar-refractivity contribution in [2.75, 3.05) is 13.2 Å².